The molecule has 3 N–H and O–H groups in total. The van der Waals surface area contributed by atoms with Crippen molar-refractivity contribution in [2.75, 3.05) is 5.32 Å². The van der Waals surface area contributed by atoms with Gasteiger partial charge >= 0.3 is 0 Å². The maximum absolute atomic E-state index is 12.0. The van der Waals surface area contributed by atoms with Crippen LogP contribution >= 0.6 is 34.5 Å². The molecule has 0 unspecified atom stereocenters. The largest absolute Gasteiger partial charge is 0.319 e. The number of nitrogens with zero attached hydrogens (tertiary/aromatic N) is 1. The number of thiazole rings is 1. The van der Waals surface area contributed by atoms with Gasteiger partial charge in [-0.1, -0.05) is 23.2 Å². The molecule has 0 bridgehead atoms. The Balaban J connectivity index is 2.35. The van der Waals surface area contributed by atoms with Crippen LogP contribution in [0.1, 0.15) is 14.7 Å². The average molecular weight is 366 g/mol. The van der Waals surface area contributed by atoms with Gasteiger partial charge in [-0.2, -0.15) is 0 Å². The normalized spacial score (nSPS) is 11.4. The average Bonchev–Trinajstić information content (AvgIpc) is 2.79. The topological polar surface area (TPSA) is 102 Å². The third-order valence-corrected chi connectivity index (χ3v) is 4.83. The lowest BCUT2D eigenvalue weighted by atomic mass is 10.3. The van der Waals surface area contributed by atoms with Gasteiger partial charge in [-0.05, 0) is 19.1 Å². The summed E-state index contributed by atoms with van der Waals surface area (Å²) < 4.78 is 22.5. The van der Waals surface area contributed by atoms with E-state index in [0.29, 0.717) is 4.88 Å². The summed E-state index contributed by atoms with van der Waals surface area (Å²) >= 11 is 13.1. The minimum Gasteiger partial charge on any atom is -0.319 e. The zero-order valence-corrected chi connectivity index (χ0v) is 13.7. The molecule has 0 aliphatic heterocycles. The lowest BCUT2D eigenvalue weighted by molar-refractivity contribution is 0.103. The lowest BCUT2D eigenvalue weighted by Gasteiger charge is -2.10. The molecule has 1 heterocycles. The summed E-state index contributed by atoms with van der Waals surface area (Å²) in [7, 11) is -3.93. The Bertz CT molecular complexity index is 795. The number of primary sulfonamides is 1. The fourth-order valence-electron chi connectivity index (χ4n) is 1.48. The Morgan fingerprint density at radius 3 is 2.33 bits per heavy atom. The Morgan fingerprint density at radius 2 is 1.90 bits per heavy atom. The van der Waals surface area contributed by atoms with Gasteiger partial charge in [-0.25, -0.2) is 18.5 Å². The summed E-state index contributed by atoms with van der Waals surface area (Å²) in [5.41, 5.74) is 0.113. The zero-order valence-electron chi connectivity index (χ0n) is 10.6. The van der Waals surface area contributed by atoms with Gasteiger partial charge in [0, 0.05) is 0 Å². The molecule has 1 aromatic heterocycles. The van der Waals surface area contributed by atoms with E-state index in [1.807, 2.05) is 0 Å². The van der Waals surface area contributed by atoms with Crippen LogP contribution in [0.25, 0.3) is 0 Å². The van der Waals surface area contributed by atoms with Crippen LogP contribution in [0.15, 0.2) is 23.2 Å². The summed E-state index contributed by atoms with van der Waals surface area (Å²) in [4.78, 5) is 16.1. The molecule has 6 nitrogen and oxygen atoms in total. The highest BCUT2D eigenvalue weighted by Gasteiger charge is 2.18. The van der Waals surface area contributed by atoms with Gasteiger partial charge in [-0.3, -0.25) is 4.79 Å². The summed E-state index contributed by atoms with van der Waals surface area (Å²) in [6.07, 6.45) is 1.43. The Morgan fingerprint density at radius 1 is 1.33 bits per heavy atom. The molecule has 2 aromatic rings. The van der Waals surface area contributed by atoms with Gasteiger partial charge in [0.15, 0.2) is 0 Å². The first-order chi connectivity index (χ1) is 9.68. The predicted molar refractivity (Wildman–Crippen MR) is 82.6 cm³/mol. The number of rotatable bonds is 3. The number of hydrogen-bond acceptors (Lipinski definition) is 5. The molecule has 10 heteroatoms. The van der Waals surface area contributed by atoms with E-state index < -0.39 is 15.9 Å². The van der Waals surface area contributed by atoms with Crippen molar-refractivity contribution in [2.45, 2.75) is 11.8 Å². The van der Waals surface area contributed by atoms with Crippen molar-refractivity contribution in [2.24, 2.45) is 5.14 Å². The molecular formula is C11H9Cl2N3O3S2. The first-order valence-corrected chi connectivity index (χ1v) is 8.56. The summed E-state index contributed by atoms with van der Waals surface area (Å²) in [6.45, 7) is 1.77. The molecule has 0 aliphatic carbocycles. The number of hydrogen-bond donors (Lipinski definition) is 2. The van der Waals surface area contributed by atoms with E-state index in [-0.39, 0.29) is 20.6 Å². The minimum absolute atomic E-state index is 0.0267. The number of aromatic nitrogens is 1. The SMILES string of the molecule is Cc1ncc(C(=O)Nc2c(Cl)cc(S(N)(=O)=O)cc2Cl)s1. The second-order valence-electron chi connectivity index (χ2n) is 4.00. The minimum atomic E-state index is -3.93. The third-order valence-electron chi connectivity index (χ3n) is 2.43. The van der Waals surface area contributed by atoms with Gasteiger partial charge in [0.05, 0.1) is 31.8 Å². The lowest BCUT2D eigenvalue weighted by Crippen LogP contribution is -2.14. The molecule has 0 fully saturated rings. The number of nitrogens with two attached hydrogens (primary N) is 1. The maximum atomic E-state index is 12.0. The van der Waals surface area contributed by atoms with Crippen LogP contribution in [0.2, 0.25) is 10.0 Å². The van der Waals surface area contributed by atoms with Crippen LogP contribution in [0.5, 0.6) is 0 Å². The molecule has 0 atom stereocenters. The summed E-state index contributed by atoms with van der Waals surface area (Å²) in [5.74, 6) is -0.437. The fraction of sp³-hybridized carbons (Fsp3) is 0.0909. The second kappa shape index (κ2) is 5.90. The Kier molecular flexibility index (Phi) is 4.54. The molecule has 0 radical (unpaired) electrons. The number of benzene rings is 1. The molecule has 21 heavy (non-hydrogen) atoms. The van der Waals surface area contributed by atoms with Crippen LogP contribution in [0.3, 0.4) is 0 Å². The van der Waals surface area contributed by atoms with E-state index in [4.69, 9.17) is 28.3 Å². The Labute approximate surface area is 134 Å². The van der Waals surface area contributed by atoms with Crippen LogP contribution in [-0.4, -0.2) is 19.3 Å². The highest BCUT2D eigenvalue weighted by molar-refractivity contribution is 7.89. The van der Waals surface area contributed by atoms with E-state index in [1.54, 1.807) is 6.92 Å². The number of aryl methyl sites for hydroxylation is 1. The molecule has 112 valence electrons. The van der Waals surface area contributed by atoms with Gasteiger partial charge in [0.25, 0.3) is 5.91 Å². The standard InChI is InChI=1S/C11H9Cl2N3O3S2/c1-5-15-4-9(20-5)11(17)16-10-7(12)2-6(3-8(10)13)21(14,18)19/h2-4H,1H3,(H,16,17)(H2,14,18,19). The number of carbonyl (C=O) groups is 1. The molecule has 2 rings (SSSR count). The highest BCUT2D eigenvalue weighted by Crippen LogP contribution is 2.33. The number of halogens is 2. The van der Waals surface area contributed by atoms with Crippen molar-refractivity contribution in [1.29, 1.82) is 0 Å². The van der Waals surface area contributed by atoms with Crippen molar-refractivity contribution in [1.82, 2.24) is 4.98 Å². The van der Waals surface area contributed by atoms with Crippen LogP contribution in [-0.2, 0) is 10.0 Å². The smallest absolute Gasteiger partial charge is 0.267 e. The number of sulfonamides is 1. The second-order valence-corrected chi connectivity index (χ2v) is 7.62. The summed E-state index contributed by atoms with van der Waals surface area (Å²) in [6, 6.07) is 2.24. The van der Waals surface area contributed by atoms with Crippen LogP contribution in [0.4, 0.5) is 5.69 Å². The molecule has 1 aromatic carbocycles. The number of carbonyl (C=O) groups excluding carboxylic acids is 1. The van der Waals surface area contributed by atoms with Crippen molar-refractivity contribution in [3.8, 4) is 0 Å². The van der Waals surface area contributed by atoms with Crippen molar-refractivity contribution >= 4 is 56.2 Å². The molecule has 0 saturated heterocycles. The first-order valence-electron chi connectivity index (χ1n) is 5.44. The number of amides is 1. The first kappa shape index (κ1) is 16.2. The fourth-order valence-corrected chi connectivity index (χ4v) is 3.42. The van der Waals surface area contributed by atoms with Gasteiger partial charge < -0.3 is 5.32 Å². The predicted octanol–water partition coefficient (Wildman–Crippen LogP) is 2.66. The molecule has 0 saturated carbocycles. The van der Waals surface area contributed by atoms with E-state index in [9.17, 15) is 13.2 Å². The van der Waals surface area contributed by atoms with Gasteiger partial charge in [0.2, 0.25) is 10.0 Å². The Hall–Kier alpha value is -1.19. The monoisotopic (exact) mass is 365 g/mol. The van der Waals surface area contributed by atoms with Crippen LogP contribution < -0.4 is 10.5 Å². The number of nitrogens with one attached hydrogen (secondary N) is 1. The van der Waals surface area contributed by atoms with E-state index in [1.165, 1.54) is 17.5 Å². The van der Waals surface area contributed by atoms with Gasteiger partial charge in [-0.15, -0.1) is 11.3 Å². The van der Waals surface area contributed by atoms with E-state index >= 15 is 0 Å². The van der Waals surface area contributed by atoms with Crippen molar-refractivity contribution in [3.05, 3.63) is 38.3 Å². The highest BCUT2D eigenvalue weighted by atomic mass is 35.5. The molecule has 1 amide bonds. The van der Waals surface area contributed by atoms with Crippen molar-refractivity contribution in [3.63, 3.8) is 0 Å². The molecule has 0 spiro atoms. The van der Waals surface area contributed by atoms with Crippen LogP contribution in [0, 0.1) is 6.92 Å². The summed E-state index contributed by atoms with van der Waals surface area (Å²) in [5, 5.41) is 8.20. The quantitative estimate of drug-likeness (QED) is 0.872. The van der Waals surface area contributed by atoms with E-state index in [2.05, 4.69) is 10.3 Å². The van der Waals surface area contributed by atoms with Crippen molar-refractivity contribution < 1.29 is 13.2 Å². The third kappa shape index (κ3) is 3.72. The maximum Gasteiger partial charge on any atom is 0.267 e. The van der Waals surface area contributed by atoms with Gasteiger partial charge in [0.1, 0.15) is 4.88 Å². The zero-order chi connectivity index (χ0) is 15.8. The molecule has 0 aliphatic rings. The molecular weight excluding hydrogens is 357 g/mol. The number of anilines is 1. The van der Waals surface area contributed by atoms with E-state index in [0.717, 1.165) is 17.1 Å².